The molecule has 0 amide bonds. The first-order valence-electron chi connectivity index (χ1n) is 10.2. The molecule has 0 radical (unpaired) electrons. The monoisotopic (exact) mass is 328 g/mol. The van der Waals surface area contributed by atoms with Crippen molar-refractivity contribution >= 4 is 0 Å². The third kappa shape index (κ3) is 6.98. The first-order chi connectivity index (χ1) is 11.9. The summed E-state index contributed by atoms with van der Waals surface area (Å²) in [6, 6.07) is 8.63. The van der Waals surface area contributed by atoms with Crippen LogP contribution in [0, 0.1) is 0 Å². The Morgan fingerprint density at radius 1 is 0.667 bits per heavy atom. The first-order valence-corrected chi connectivity index (χ1v) is 10.2. The molecule has 2 aromatic rings. The number of nitrogens with one attached hydrogen (secondary N) is 2. The summed E-state index contributed by atoms with van der Waals surface area (Å²) in [7, 11) is 0. The highest BCUT2D eigenvalue weighted by Crippen LogP contribution is 2.28. The van der Waals surface area contributed by atoms with E-state index in [1.807, 2.05) is 12.4 Å². The van der Waals surface area contributed by atoms with Crippen LogP contribution in [0.15, 0.2) is 36.7 Å². The second kappa shape index (κ2) is 12.0. The molecule has 0 spiro atoms. The summed E-state index contributed by atoms with van der Waals surface area (Å²) in [5.41, 5.74) is 2.68. The van der Waals surface area contributed by atoms with E-state index in [1.165, 1.54) is 88.4 Å². The molecule has 2 rings (SSSR count). The molecule has 0 aliphatic heterocycles. The van der Waals surface area contributed by atoms with Gasteiger partial charge in [-0.2, -0.15) is 0 Å². The van der Waals surface area contributed by atoms with Gasteiger partial charge in [0.2, 0.25) is 0 Å². The maximum Gasteiger partial charge on any atom is 0.0391 e. The van der Waals surface area contributed by atoms with Gasteiger partial charge in [0.05, 0.1) is 0 Å². The Bertz CT molecular complexity index is 450. The normalized spacial score (nSPS) is 11.4. The number of unbranched alkanes of at least 4 members (excludes halogenated alkanes) is 10. The van der Waals surface area contributed by atoms with Crippen LogP contribution in [0.2, 0.25) is 0 Å². The summed E-state index contributed by atoms with van der Waals surface area (Å²) in [6.07, 6.45) is 20.8. The van der Waals surface area contributed by atoms with Gasteiger partial charge in [0, 0.05) is 29.7 Å². The quantitative estimate of drug-likeness (QED) is 0.344. The maximum atomic E-state index is 3.40. The predicted molar refractivity (Wildman–Crippen MR) is 105 cm³/mol. The topological polar surface area (TPSA) is 31.6 Å². The van der Waals surface area contributed by atoms with Crippen molar-refractivity contribution in [1.82, 2.24) is 9.97 Å². The SMILES string of the molecule is CCCCCCCCCCCCCC(c1ccc[nH]1)c1ccc[nH]1. The molecule has 2 N–H and O–H groups in total. The molecule has 0 aliphatic carbocycles. The predicted octanol–water partition coefficient (Wildman–Crippen LogP) is 7.18. The molecular formula is C22H36N2. The minimum atomic E-state index is 0.494. The van der Waals surface area contributed by atoms with Crippen molar-refractivity contribution in [3.05, 3.63) is 48.0 Å². The van der Waals surface area contributed by atoms with Crippen LogP contribution in [-0.2, 0) is 0 Å². The molecule has 0 saturated carbocycles. The van der Waals surface area contributed by atoms with E-state index in [9.17, 15) is 0 Å². The second-order valence-corrected chi connectivity index (χ2v) is 7.13. The Kier molecular flexibility index (Phi) is 9.45. The fraction of sp³-hybridized carbons (Fsp3) is 0.636. The first kappa shape index (κ1) is 18.9. The Labute approximate surface area is 148 Å². The van der Waals surface area contributed by atoms with Crippen LogP contribution in [0.1, 0.15) is 101 Å². The van der Waals surface area contributed by atoms with Crippen LogP contribution in [-0.4, -0.2) is 9.97 Å². The zero-order valence-corrected chi connectivity index (χ0v) is 15.5. The second-order valence-electron chi connectivity index (χ2n) is 7.13. The van der Waals surface area contributed by atoms with E-state index in [-0.39, 0.29) is 0 Å². The fourth-order valence-corrected chi connectivity index (χ4v) is 3.61. The Morgan fingerprint density at radius 2 is 1.12 bits per heavy atom. The molecule has 0 aliphatic rings. The van der Waals surface area contributed by atoms with E-state index in [4.69, 9.17) is 0 Å². The molecule has 0 saturated heterocycles. The summed E-state index contributed by atoms with van der Waals surface area (Å²) in [5, 5.41) is 0. The lowest BCUT2D eigenvalue weighted by molar-refractivity contribution is 0.533. The van der Waals surface area contributed by atoms with Crippen LogP contribution in [0.3, 0.4) is 0 Å². The summed E-state index contributed by atoms with van der Waals surface area (Å²) >= 11 is 0. The Balaban J connectivity index is 1.54. The average molecular weight is 329 g/mol. The van der Waals surface area contributed by atoms with Gasteiger partial charge in [-0.3, -0.25) is 0 Å². The van der Waals surface area contributed by atoms with E-state index < -0.39 is 0 Å². The van der Waals surface area contributed by atoms with Crippen LogP contribution < -0.4 is 0 Å². The summed E-state index contributed by atoms with van der Waals surface area (Å²) in [5.74, 6) is 0.494. The number of hydrogen-bond donors (Lipinski definition) is 2. The molecule has 2 heteroatoms. The van der Waals surface area contributed by atoms with E-state index in [0.29, 0.717) is 5.92 Å². The Hall–Kier alpha value is -1.44. The highest BCUT2D eigenvalue weighted by Gasteiger charge is 2.15. The molecule has 0 aromatic carbocycles. The van der Waals surface area contributed by atoms with E-state index in [2.05, 4.69) is 41.2 Å². The molecular weight excluding hydrogens is 292 g/mol. The minimum Gasteiger partial charge on any atom is -0.364 e. The van der Waals surface area contributed by atoms with Crippen molar-refractivity contribution in [2.75, 3.05) is 0 Å². The number of rotatable bonds is 14. The smallest absolute Gasteiger partial charge is 0.0391 e. The maximum absolute atomic E-state index is 3.40. The van der Waals surface area contributed by atoms with E-state index >= 15 is 0 Å². The molecule has 134 valence electrons. The van der Waals surface area contributed by atoms with Crippen molar-refractivity contribution in [2.24, 2.45) is 0 Å². The highest BCUT2D eigenvalue weighted by molar-refractivity contribution is 5.23. The molecule has 2 aromatic heterocycles. The molecule has 0 fully saturated rings. The molecule has 0 unspecified atom stereocenters. The van der Waals surface area contributed by atoms with Gasteiger partial charge in [0.15, 0.2) is 0 Å². The van der Waals surface area contributed by atoms with Crippen molar-refractivity contribution in [3.8, 4) is 0 Å². The molecule has 2 heterocycles. The molecule has 24 heavy (non-hydrogen) atoms. The van der Waals surface area contributed by atoms with Crippen LogP contribution in [0.25, 0.3) is 0 Å². The van der Waals surface area contributed by atoms with Gasteiger partial charge in [0.25, 0.3) is 0 Å². The van der Waals surface area contributed by atoms with Gasteiger partial charge in [-0.25, -0.2) is 0 Å². The molecule has 2 nitrogen and oxygen atoms in total. The van der Waals surface area contributed by atoms with Gasteiger partial charge in [0.1, 0.15) is 0 Å². The number of aromatic nitrogens is 2. The van der Waals surface area contributed by atoms with Gasteiger partial charge in [-0.1, -0.05) is 77.6 Å². The van der Waals surface area contributed by atoms with Crippen molar-refractivity contribution < 1.29 is 0 Å². The number of aromatic amines is 2. The van der Waals surface area contributed by atoms with Crippen molar-refractivity contribution in [1.29, 1.82) is 0 Å². The fourth-order valence-electron chi connectivity index (χ4n) is 3.61. The number of hydrogen-bond acceptors (Lipinski definition) is 0. The van der Waals surface area contributed by atoms with Gasteiger partial charge < -0.3 is 9.97 Å². The largest absolute Gasteiger partial charge is 0.364 e. The van der Waals surface area contributed by atoms with E-state index in [0.717, 1.165) is 0 Å². The minimum absolute atomic E-state index is 0.494. The lowest BCUT2D eigenvalue weighted by Gasteiger charge is -2.14. The third-order valence-corrected chi connectivity index (χ3v) is 5.09. The van der Waals surface area contributed by atoms with Crippen LogP contribution in [0.4, 0.5) is 0 Å². The zero-order chi connectivity index (χ0) is 16.9. The standard InChI is InChI=1S/C22H36N2/c1-2-3-4-5-6-7-8-9-10-11-12-15-20(21-16-13-18-23-21)22-17-14-19-24-22/h13-14,16-20,23-24H,2-12,15H2,1H3. The van der Waals surface area contributed by atoms with Crippen LogP contribution >= 0.6 is 0 Å². The Morgan fingerprint density at radius 3 is 1.54 bits per heavy atom. The summed E-state index contributed by atoms with van der Waals surface area (Å²) in [6.45, 7) is 2.29. The zero-order valence-electron chi connectivity index (χ0n) is 15.5. The summed E-state index contributed by atoms with van der Waals surface area (Å²) < 4.78 is 0. The van der Waals surface area contributed by atoms with Crippen molar-refractivity contribution in [2.45, 2.75) is 89.9 Å². The molecule has 0 atom stereocenters. The van der Waals surface area contributed by atoms with Crippen molar-refractivity contribution in [3.63, 3.8) is 0 Å². The highest BCUT2D eigenvalue weighted by atomic mass is 14.7. The third-order valence-electron chi connectivity index (χ3n) is 5.09. The molecule has 0 bridgehead atoms. The average Bonchev–Trinajstić information content (AvgIpc) is 3.30. The lowest BCUT2D eigenvalue weighted by atomic mass is 9.94. The van der Waals surface area contributed by atoms with Gasteiger partial charge in [-0.05, 0) is 30.7 Å². The van der Waals surface area contributed by atoms with Gasteiger partial charge in [-0.15, -0.1) is 0 Å². The summed E-state index contributed by atoms with van der Waals surface area (Å²) in [4.78, 5) is 6.79. The van der Waals surface area contributed by atoms with Gasteiger partial charge >= 0.3 is 0 Å². The number of H-pyrrole nitrogens is 2. The lowest BCUT2D eigenvalue weighted by Crippen LogP contribution is -2.02. The van der Waals surface area contributed by atoms with Crippen LogP contribution in [0.5, 0.6) is 0 Å². The van der Waals surface area contributed by atoms with E-state index in [1.54, 1.807) is 0 Å².